The number of hydrogen-bond acceptors (Lipinski definition) is 6. The standard InChI is InChI=1S/C13H19N3O4/c1-3-5-13(17)20-9-10(4-2)15-12-7-6-11(8-14-12)16(18)19/h6-8,10H,3-5,9H2,1-2H3,(H,14,15). The summed E-state index contributed by atoms with van der Waals surface area (Å²) in [6.45, 7) is 4.13. The van der Waals surface area contributed by atoms with Crippen LogP contribution >= 0.6 is 0 Å². The molecule has 1 rings (SSSR count). The summed E-state index contributed by atoms with van der Waals surface area (Å²) in [7, 11) is 0. The van der Waals surface area contributed by atoms with Gasteiger partial charge in [0, 0.05) is 12.5 Å². The average Bonchev–Trinajstić information content (AvgIpc) is 2.44. The smallest absolute Gasteiger partial charge is 0.305 e. The van der Waals surface area contributed by atoms with Crippen LogP contribution in [0.1, 0.15) is 33.1 Å². The molecule has 0 saturated carbocycles. The fourth-order valence-corrected chi connectivity index (χ4v) is 1.52. The Morgan fingerprint density at radius 1 is 1.50 bits per heavy atom. The molecule has 0 aliphatic rings. The summed E-state index contributed by atoms with van der Waals surface area (Å²) in [5.74, 6) is 0.304. The lowest BCUT2D eigenvalue weighted by atomic mass is 10.2. The highest BCUT2D eigenvalue weighted by atomic mass is 16.6. The largest absolute Gasteiger partial charge is 0.463 e. The zero-order valence-electron chi connectivity index (χ0n) is 11.7. The number of nitrogens with one attached hydrogen (secondary N) is 1. The van der Waals surface area contributed by atoms with Gasteiger partial charge in [-0.1, -0.05) is 13.8 Å². The van der Waals surface area contributed by atoms with Crippen molar-refractivity contribution >= 4 is 17.5 Å². The maximum absolute atomic E-state index is 11.3. The number of carbonyl (C=O) groups is 1. The summed E-state index contributed by atoms with van der Waals surface area (Å²) in [4.78, 5) is 25.3. The first-order valence-electron chi connectivity index (χ1n) is 6.59. The van der Waals surface area contributed by atoms with Crippen LogP contribution in [0.25, 0.3) is 0 Å². The van der Waals surface area contributed by atoms with Crippen LogP contribution in [-0.4, -0.2) is 28.5 Å². The molecule has 0 bridgehead atoms. The van der Waals surface area contributed by atoms with Crippen molar-refractivity contribution in [3.63, 3.8) is 0 Å². The molecule has 7 heteroatoms. The van der Waals surface area contributed by atoms with Crippen molar-refractivity contribution in [2.75, 3.05) is 11.9 Å². The zero-order valence-corrected chi connectivity index (χ0v) is 11.7. The summed E-state index contributed by atoms with van der Waals surface area (Å²) in [6, 6.07) is 2.85. The maximum Gasteiger partial charge on any atom is 0.305 e. The number of carbonyl (C=O) groups excluding carboxylic acids is 1. The van der Waals surface area contributed by atoms with Crippen LogP contribution in [0, 0.1) is 10.1 Å². The van der Waals surface area contributed by atoms with Crippen LogP contribution in [0.15, 0.2) is 18.3 Å². The summed E-state index contributed by atoms with van der Waals surface area (Å²) < 4.78 is 5.13. The molecule has 0 radical (unpaired) electrons. The Morgan fingerprint density at radius 3 is 2.75 bits per heavy atom. The molecular weight excluding hydrogens is 262 g/mol. The third-order valence-electron chi connectivity index (χ3n) is 2.70. The molecule has 0 aliphatic heterocycles. The van der Waals surface area contributed by atoms with Crippen molar-refractivity contribution in [1.82, 2.24) is 4.98 Å². The predicted molar refractivity (Wildman–Crippen MR) is 74.5 cm³/mol. The van der Waals surface area contributed by atoms with Gasteiger partial charge in [-0.25, -0.2) is 4.98 Å². The highest BCUT2D eigenvalue weighted by Crippen LogP contribution is 2.13. The van der Waals surface area contributed by atoms with Gasteiger partial charge in [0.15, 0.2) is 0 Å². The van der Waals surface area contributed by atoms with Gasteiger partial charge < -0.3 is 10.1 Å². The second-order valence-electron chi connectivity index (χ2n) is 4.34. The first-order chi connectivity index (χ1) is 9.56. The first-order valence-corrected chi connectivity index (χ1v) is 6.59. The van der Waals surface area contributed by atoms with Crippen molar-refractivity contribution < 1.29 is 14.5 Å². The Balaban J connectivity index is 2.51. The molecule has 0 spiro atoms. The van der Waals surface area contributed by atoms with E-state index < -0.39 is 4.92 Å². The van der Waals surface area contributed by atoms with Crippen LogP contribution in [0.4, 0.5) is 11.5 Å². The van der Waals surface area contributed by atoms with E-state index >= 15 is 0 Å². The van der Waals surface area contributed by atoms with E-state index in [0.717, 1.165) is 12.8 Å². The molecule has 0 saturated heterocycles. The van der Waals surface area contributed by atoms with Crippen molar-refractivity contribution in [3.8, 4) is 0 Å². The molecule has 0 aliphatic carbocycles. The summed E-state index contributed by atoms with van der Waals surface area (Å²) in [5, 5.41) is 13.6. The van der Waals surface area contributed by atoms with Gasteiger partial charge in [-0.2, -0.15) is 0 Å². The maximum atomic E-state index is 11.3. The summed E-state index contributed by atoms with van der Waals surface area (Å²) in [5.41, 5.74) is -0.0574. The van der Waals surface area contributed by atoms with Gasteiger partial charge in [-0.3, -0.25) is 14.9 Å². The molecule has 1 atom stereocenters. The van der Waals surface area contributed by atoms with Crippen molar-refractivity contribution in [3.05, 3.63) is 28.4 Å². The van der Waals surface area contributed by atoms with E-state index in [2.05, 4.69) is 10.3 Å². The van der Waals surface area contributed by atoms with E-state index in [4.69, 9.17) is 4.74 Å². The van der Waals surface area contributed by atoms with Crippen LogP contribution < -0.4 is 5.32 Å². The van der Waals surface area contributed by atoms with Gasteiger partial charge in [0.2, 0.25) is 0 Å². The van der Waals surface area contributed by atoms with Crippen molar-refractivity contribution in [1.29, 1.82) is 0 Å². The number of anilines is 1. The van der Waals surface area contributed by atoms with Crippen molar-refractivity contribution in [2.24, 2.45) is 0 Å². The van der Waals surface area contributed by atoms with Crippen LogP contribution in [-0.2, 0) is 9.53 Å². The SMILES string of the molecule is CCCC(=O)OCC(CC)Nc1ccc([N+](=O)[O-])cn1. The molecule has 1 heterocycles. The van der Waals surface area contributed by atoms with E-state index in [1.54, 1.807) is 0 Å². The number of nitrogens with zero attached hydrogens (tertiary/aromatic N) is 2. The van der Waals surface area contributed by atoms with Crippen LogP contribution in [0.3, 0.4) is 0 Å². The summed E-state index contributed by atoms with van der Waals surface area (Å²) >= 11 is 0. The third kappa shape index (κ3) is 5.21. The normalized spacial score (nSPS) is 11.7. The minimum Gasteiger partial charge on any atom is -0.463 e. The molecule has 0 amide bonds. The van der Waals surface area contributed by atoms with Crippen LogP contribution in [0.2, 0.25) is 0 Å². The van der Waals surface area contributed by atoms with E-state index in [1.807, 2.05) is 13.8 Å². The molecular formula is C13H19N3O4. The number of pyridine rings is 1. The number of esters is 1. The second kappa shape index (κ2) is 8.08. The van der Waals surface area contributed by atoms with Crippen LogP contribution in [0.5, 0.6) is 0 Å². The Kier molecular flexibility index (Phi) is 6.42. The van der Waals surface area contributed by atoms with Gasteiger partial charge in [0.05, 0.1) is 11.0 Å². The molecule has 1 aromatic rings. The monoisotopic (exact) mass is 281 g/mol. The Labute approximate surface area is 117 Å². The van der Waals surface area contributed by atoms with E-state index in [1.165, 1.54) is 18.3 Å². The number of hydrogen-bond donors (Lipinski definition) is 1. The van der Waals surface area contributed by atoms with E-state index in [0.29, 0.717) is 12.2 Å². The summed E-state index contributed by atoms with van der Waals surface area (Å²) in [6.07, 6.45) is 3.11. The highest BCUT2D eigenvalue weighted by Gasteiger charge is 2.11. The molecule has 110 valence electrons. The molecule has 0 fully saturated rings. The molecule has 1 unspecified atom stereocenters. The third-order valence-corrected chi connectivity index (χ3v) is 2.70. The van der Waals surface area contributed by atoms with E-state index in [9.17, 15) is 14.9 Å². The Bertz CT molecular complexity index is 447. The number of rotatable bonds is 8. The molecule has 20 heavy (non-hydrogen) atoms. The zero-order chi connectivity index (χ0) is 15.0. The quantitative estimate of drug-likeness (QED) is 0.447. The van der Waals surface area contributed by atoms with Gasteiger partial charge in [-0.15, -0.1) is 0 Å². The first kappa shape index (κ1) is 15.9. The lowest BCUT2D eigenvalue weighted by Gasteiger charge is -2.17. The Hall–Kier alpha value is -2.18. The van der Waals surface area contributed by atoms with Gasteiger partial charge in [0.25, 0.3) is 5.69 Å². The molecule has 0 aromatic carbocycles. The fourth-order valence-electron chi connectivity index (χ4n) is 1.52. The molecule has 1 aromatic heterocycles. The minimum absolute atomic E-state index is 0.0574. The number of nitro groups is 1. The minimum atomic E-state index is -0.499. The highest BCUT2D eigenvalue weighted by molar-refractivity contribution is 5.69. The topological polar surface area (TPSA) is 94.4 Å². The van der Waals surface area contributed by atoms with Gasteiger partial charge >= 0.3 is 5.97 Å². The average molecular weight is 281 g/mol. The van der Waals surface area contributed by atoms with Crippen molar-refractivity contribution in [2.45, 2.75) is 39.2 Å². The second-order valence-corrected chi connectivity index (χ2v) is 4.34. The predicted octanol–water partition coefficient (Wildman–Crippen LogP) is 2.52. The lowest BCUT2D eigenvalue weighted by Crippen LogP contribution is -2.26. The van der Waals surface area contributed by atoms with E-state index in [-0.39, 0.29) is 24.3 Å². The molecule has 1 N–H and O–H groups in total. The van der Waals surface area contributed by atoms with Gasteiger partial charge in [0.1, 0.15) is 18.6 Å². The number of aromatic nitrogens is 1. The fraction of sp³-hybridized carbons (Fsp3) is 0.538. The van der Waals surface area contributed by atoms with Gasteiger partial charge in [-0.05, 0) is 18.9 Å². The molecule has 7 nitrogen and oxygen atoms in total. The Morgan fingerprint density at radius 2 is 2.25 bits per heavy atom. The number of ether oxygens (including phenoxy) is 1. The lowest BCUT2D eigenvalue weighted by molar-refractivity contribution is -0.385.